The van der Waals surface area contributed by atoms with Gasteiger partial charge in [0.25, 0.3) is 0 Å². The Morgan fingerprint density at radius 1 is 1.29 bits per heavy atom. The number of aliphatic imine (C=N–C) groups is 1. The standard InChI is InChI=1S/C15H25N3O2.HI/c1-3-16-15(17-9-6-10-20-4-2)18-12-13-7-5-8-14(19)11-13;/h5,7-8,11,19H,3-4,6,9-10,12H2,1-2H3,(H2,16,17,18);1H. The normalized spacial score (nSPS) is 10.9. The minimum absolute atomic E-state index is 0. The second kappa shape index (κ2) is 12.7. The molecule has 1 rings (SSSR count). The van der Waals surface area contributed by atoms with Crippen LogP contribution in [-0.2, 0) is 11.3 Å². The lowest BCUT2D eigenvalue weighted by Crippen LogP contribution is -2.38. The number of guanidine groups is 1. The molecule has 120 valence electrons. The van der Waals surface area contributed by atoms with Crippen molar-refractivity contribution in [2.75, 3.05) is 26.3 Å². The predicted molar refractivity (Wildman–Crippen MR) is 97.5 cm³/mol. The van der Waals surface area contributed by atoms with Crippen LogP contribution in [0.5, 0.6) is 5.75 Å². The number of aromatic hydroxyl groups is 1. The molecule has 0 aliphatic rings. The van der Waals surface area contributed by atoms with E-state index in [1.807, 2.05) is 26.0 Å². The first-order valence-electron chi connectivity index (χ1n) is 7.14. The zero-order valence-corrected chi connectivity index (χ0v) is 15.1. The third kappa shape index (κ3) is 9.52. The highest BCUT2D eigenvalue weighted by Crippen LogP contribution is 2.11. The van der Waals surface area contributed by atoms with Gasteiger partial charge in [-0.1, -0.05) is 12.1 Å². The molecule has 0 spiro atoms. The molecule has 0 atom stereocenters. The Kier molecular flexibility index (Phi) is 12.1. The average Bonchev–Trinajstić information content (AvgIpc) is 2.44. The summed E-state index contributed by atoms with van der Waals surface area (Å²) in [4.78, 5) is 4.49. The maximum absolute atomic E-state index is 9.41. The SMILES string of the molecule is CCNC(=NCc1cccc(O)c1)NCCCOCC.I. The van der Waals surface area contributed by atoms with Gasteiger partial charge in [-0.3, -0.25) is 0 Å². The summed E-state index contributed by atoms with van der Waals surface area (Å²) in [7, 11) is 0. The topological polar surface area (TPSA) is 65.9 Å². The number of nitrogens with one attached hydrogen (secondary N) is 2. The molecule has 0 aromatic heterocycles. The Labute approximate surface area is 144 Å². The van der Waals surface area contributed by atoms with Crippen molar-refractivity contribution in [3.8, 4) is 5.75 Å². The third-order valence-corrected chi connectivity index (χ3v) is 2.64. The molecule has 0 saturated heterocycles. The fourth-order valence-corrected chi connectivity index (χ4v) is 1.69. The summed E-state index contributed by atoms with van der Waals surface area (Å²) >= 11 is 0. The smallest absolute Gasteiger partial charge is 0.191 e. The maximum Gasteiger partial charge on any atom is 0.191 e. The molecule has 0 fully saturated rings. The molecule has 1 aromatic carbocycles. The van der Waals surface area contributed by atoms with E-state index in [9.17, 15) is 5.11 Å². The Hall–Kier alpha value is -1.02. The van der Waals surface area contributed by atoms with Gasteiger partial charge in [0.2, 0.25) is 0 Å². The van der Waals surface area contributed by atoms with Crippen molar-refractivity contribution in [1.82, 2.24) is 10.6 Å². The van der Waals surface area contributed by atoms with E-state index in [0.29, 0.717) is 6.54 Å². The quantitative estimate of drug-likeness (QED) is 0.268. The number of hydrogen-bond donors (Lipinski definition) is 3. The van der Waals surface area contributed by atoms with E-state index in [0.717, 1.165) is 44.2 Å². The zero-order valence-electron chi connectivity index (χ0n) is 12.8. The van der Waals surface area contributed by atoms with Crippen molar-refractivity contribution in [2.45, 2.75) is 26.8 Å². The zero-order chi connectivity index (χ0) is 14.6. The van der Waals surface area contributed by atoms with Crippen LogP contribution < -0.4 is 10.6 Å². The van der Waals surface area contributed by atoms with Gasteiger partial charge in [-0.05, 0) is 38.0 Å². The summed E-state index contributed by atoms with van der Waals surface area (Å²) in [6.45, 7) is 7.72. The lowest BCUT2D eigenvalue weighted by molar-refractivity contribution is 0.145. The van der Waals surface area contributed by atoms with Gasteiger partial charge in [0.1, 0.15) is 5.75 Å². The molecule has 6 heteroatoms. The van der Waals surface area contributed by atoms with E-state index in [-0.39, 0.29) is 29.7 Å². The minimum atomic E-state index is 0. The van der Waals surface area contributed by atoms with E-state index in [1.54, 1.807) is 12.1 Å². The van der Waals surface area contributed by atoms with Gasteiger partial charge in [0.15, 0.2) is 5.96 Å². The van der Waals surface area contributed by atoms with Gasteiger partial charge in [0.05, 0.1) is 6.54 Å². The lowest BCUT2D eigenvalue weighted by atomic mass is 10.2. The first-order valence-corrected chi connectivity index (χ1v) is 7.14. The van der Waals surface area contributed by atoms with E-state index >= 15 is 0 Å². The van der Waals surface area contributed by atoms with Crippen molar-refractivity contribution in [2.24, 2.45) is 4.99 Å². The number of hydrogen-bond acceptors (Lipinski definition) is 3. The van der Waals surface area contributed by atoms with Crippen molar-refractivity contribution < 1.29 is 9.84 Å². The first kappa shape index (κ1) is 20.0. The van der Waals surface area contributed by atoms with Gasteiger partial charge in [-0.25, -0.2) is 4.99 Å². The predicted octanol–water partition coefficient (Wildman–Crippen LogP) is 2.49. The first-order chi connectivity index (χ1) is 9.76. The number of phenols is 1. The average molecular weight is 407 g/mol. The molecule has 0 bridgehead atoms. The van der Waals surface area contributed by atoms with Crippen molar-refractivity contribution >= 4 is 29.9 Å². The monoisotopic (exact) mass is 407 g/mol. The molecule has 0 unspecified atom stereocenters. The van der Waals surface area contributed by atoms with Crippen molar-refractivity contribution in [3.05, 3.63) is 29.8 Å². The molecule has 21 heavy (non-hydrogen) atoms. The van der Waals surface area contributed by atoms with Crippen LogP contribution in [0.15, 0.2) is 29.3 Å². The summed E-state index contributed by atoms with van der Waals surface area (Å²) in [5.41, 5.74) is 0.983. The van der Waals surface area contributed by atoms with Crippen LogP contribution in [0.2, 0.25) is 0 Å². The molecule has 3 N–H and O–H groups in total. The molecular weight excluding hydrogens is 381 g/mol. The summed E-state index contributed by atoms with van der Waals surface area (Å²) in [6.07, 6.45) is 0.949. The second-order valence-electron chi connectivity index (χ2n) is 4.34. The second-order valence-corrected chi connectivity index (χ2v) is 4.34. The van der Waals surface area contributed by atoms with E-state index in [2.05, 4.69) is 15.6 Å². The number of halogens is 1. The molecule has 0 aliphatic heterocycles. The fourth-order valence-electron chi connectivity index (χ4n) is 1.69. The summed E-state index contributed by atoms with van der Waals surface area (Å²) in [5.74, 6) is 1.06. The molecule has 1 aromatic rings. The highest BCUT2D eigenvalue weighted by atomic mass is 127. The lowest BCUT2D eigenvalue weighted by Gasteiger charge is -2.11. The van der Waals surface area contributed by atoms with Gasteiger partial charge in [0, 0.05) is 26.3 Å². The highest BCUT2D eigenvalue weighted by molar-refractivity contribution is 14.0. The number of rotatable bonds is 8. The van der Waals surface area contributed by atoms with Gasteiger partial charge in [-0.15, -0.1) is 24.0 Å². The fraction of sp³-hybridized carbons (Fsp3) is 0.533. The van der Waals surface area contributed by atoms with Crippen LogP contribution in [0.1, 0.15) is 25.8 Å². The molecule has 0 amide bonds. The summed E-state index contributed by atoms with van der Waals surface area (Å²) in [5, 5.41) is 15.9. The van der Waals surface area contributed by atoms with Crippen LogP contribution in [0, 0.1) is 0 Å². The Morgan fingerprint density at radius 2 is 2.10 bits per heavy atom. The molecule has 5 nitrogen and oxygen atoms in total. The van der Waals surface area contributed by atoms with Crippen LogP contribution in [0.4, 0.5) is 0 Å². The van der Waals surface area contributed by atoms with Crippen LogP contribution in [-0.4, -0.2) is 37.4 Å². The number of nitrogens with zero attached hydrogens (tertiary/aromatic N) is 1. The summed E-state index contributed by atoms with van der Waals surface area (Å²) in [6, 6.07) is 7.15. The Balaban J connectivity index is 0.00000400. The number of phenolic OH excluding ortho intramolecular Hbond substituents is 1. The van der Waals surface area contributed by atoms with E-state index in [1.165, 1.54) is 0 Å². The van der Waals surface area contributed by atoms with Crippen LogP contribution in [0.3, 0.4) is 0 Å². The number of benzene rings is 1. The van der Waals surface area contributed by atoms with Crippen LogP contribution >= 0.6 is 24.0 Å². The molecule has 0 aliphatic carbocycles. The Morgan fingerprint density at radius 3 is 2.76 bits per heavy atom. The Bertz CT molecular complexity index is 414. The summed E-state index contributed by atoms with van der Waals surface area (Å²) < 4.78 is 5.29. The van der Waals surface area contributed by atoms with Crippen molar-refractivity contribution in [1.29, 1.82) is 0 Å². The van der Waals surface area contributed by atoms with Gasteiger partial charge < -0.3 is 20.5 Å². The van der Waals surface area contributed by atoms with Gasteiger partial charge in [-0.2, -0.15) is 0 Å². The molecular formula is C15H26IN3O2. The maximum atomic E-state index is 9.41. The highest BCUT2D eigenvalue weighted by Gasteiger charge is 1.98. The third-order valence-electron chi connectivity index (χ3n) is 2.64. The van der Waals surface area contributed by atoms with Crippen molar-refractivity contribution in [3.63, 3.8) is 0 Å². The minimum Gasteiger partial charge on any atom is -0.508 e. The molecule has 0 heterocycles. The van der Waals surface area contributed by atoms with Crippen LogP contribution in [0.25, 0.3) is 0 Å². The molecule has 0 radical (unpaired) electrons. The van der Waals surface area contributed by atoms with Gasteiger partial charge >= 0.3 is 0 Å². The van der Waals surface area contributed by atoms with E-state index in [4.69, 9.17) is 4.74 Å². The van der Waals surface area contributed by atoms with E-state index < -0.39 is 0 Å². The largest absolute Gasteiger partial charge is 0.508 e. The number of ether oxygens (including phenoxy) is 1. The molecule has 0 saturated carbocycles.